The zero-order valence-electron chi connectivity index (χ0n) is 20.9. The Morgan fingerprint density at radius 2 is 1.06 bits per heavy atom. The predicted molar refractivity (Wildman–Crippen MR) is 145 cm³/mol. The van der Waals surface area contributed by atoms with Gasteiger partial charge >= 0.3 is 7.12 Å². The molecule has 0 aromatic heterocycles. The van der Waals surface area contributed by atoms with Gasteiger partial charge in [-0.25, -0.2) is 0 Å². The molecule has 0 aliphatic carbocycles. The third-order valence-electron chi connectivity index (χ3n) is 8.06. The van der Waals surface area contributed by atoms with Crippen molar-refractivity contribution in [2.24, 2.45) is 0 Å². The molecule has 36 heavy (non-hydrogen) atoms. The van der Waals surface area contributed by atoms with Crippen molar-refractivity contribution < 1.29 is 18.8 Å². The number of hydrogen-bond acceptors (Lipinski definition) is 4. The number of hydrogen-bond donors (Lipinski definition) is 0. The zero-order chi connectivity index (χ0) is 24.7. The second kappa shape index (κ2) is 7.52. The average molecular weight is 472 g/mol. The molecule has 7 rings (SSSR count). The third kappa shape index (κ3) is 3.18. The first kappa shape index (κ1) is 21.8. The number of fused-ring (bicyclic) bond motifs is 4. The van der Waals surface area contributed by atoms with Crippen LogP contribution in [0.15, 0.2) is 84.9 Å². The molecule has 0 amide bonds. The van der Waals surface area contributed by atoms with Crippen LogP contribution in [0.25, 0.3) is 11.1 Å². The van der Waals surface area contributed by atoms with Crippen LogP contribution in [0.2, 0.25) is 0 Å². The van der Waals surface area contributed by atoms with Crippen molar-refractivity contribution in [1.29, 1.82) is 0 Å². The highest BCUT2D eigenvalue weighted by Crippen LogP contribution is 2.39. The van der Waals surface area contributed by atoms with Gasteiger partial charge in [0.1, 0.15) is 23.0 Å². The van der Waals surface area contributed by atoms with Crippen LogP contribution >= 0.6 is 0 Å². The van der Waals surface area contributed by atoms with Crippen LogP contribution in [0.1, 0.15) is 27.7 Å². The number of rotatable bonds is 2. The molecule has 4 aromatic rings. The van der Waals surface area contributed by atoms with E-state index in [1.807, 2.05) is 24.3 Å². The van der Waals surface area contributed by atoms with Crippen LogP contribution in [0, 0.1) is 0 Å². The summed E-state index contributed by atoms with van der Waals surface area (Å²) in [7, 11) is -0.380. The minimum atomic E-state index is -0.380. The Bertz CT molecular complexity index is 1420. The van der Waals surface area contributed by atoms with E-state index in [2.05, 4.69) is 88.4 Å². The van der Waals surface area contributed by atoms with E-state index in [0.717, 1.165) is 45.1 Å². The maximum atomic E-state index is 6.43. The topological polar surface area (TPSA) is 36.9 Å². The van der Waals surface area contributed by atoms with E-state index in [-0.39, 0.29) is 25.0 Å². The molecule has 0 atom stereocenters. The van der Waals surface area contributed by atoms with E-state index >= 15 is 0 Å². The summed E-state index contributed by atoms with van der Waals surface area (Å²) in [5.74, 6) is 3.48. The van der Waals surface area contributed by atoms with Gasteiger partial charge < -0.3 is 18.8 Å². The fourth-order valence-electron chi connectivity index (χ4n) is 5.37. The highest BCUT2D eigenvalue weighted by Gasteiger charge is 2.51. The molecule has 3 heterocycles. The lowest BCUT2D eigenvalue weighted by Crippen LogP contribution is -2.57. The summed E-state index contributed by atoms with van der Waals surface area (Å²) in [4.78, 5) is 0. The lowest BCUT2D eigenvalue weighted by Gasteiger charge is -2.33. The Morgan fingerprint density at radius 1 is 0.556 bits per heavy atom. The Balaban J connectivity index is 1.29. The van der Waals surface area contributed by atoms with Crippen LogP contribution in [0.4, 0.5) is 0 Å². The van der Waals surface area contributed by atoms with Crippen LogP contribution in [0.3, 0.4) is 0 Å². The standard InChI is InChI=1S/C30H26B2O4/c1-29(2)30(3,4)36-32(35-29)21-15-13-19(14-16-21)20-17-26-28-27(18-20)34-25-12-8-6-10-23(25)31(28)22-9-5-7-11-24(22)33-26/h5-18H,1-4H3. The molecule has 0 N–H and O–H groups in total. The fourth-order valence-corrected chi connectivity index (χ4v) is 5.37. The average Bonchev–Trinajstić information content (AvgIpc) is 3.10. The fraction of sp³-hybridized carbons (Fsp3) is 0.200. The summed E-state index contributed by atoms with van der Waals surface area (Å²) in [5, 5.41) is 0. The lowest BCUT2D eigenvalue weighted by molar-refractivity contribution is 0.00578. The molecule has 1 saturated heterocycles. The lowest BCUT2D eigenvalue weighted by atomic mass is 9.35. The van der Waals surface area contributed by atoms with Gasteiger partial charge in [-0.1, -0.05) is 60.7 Å². The van der Waals surface area contributed by atoms with Gasteiger partial charge in [-0.05, 0) is 79.5 Å². The Morgan fingerprint density at radius 3 is 1.58 bits per heavy atom. The van der Waals surface area contributed by atoms with Crippen molar-refractivity contribution in [3.8, 4) is 34.1 Å². The quantitative estimate of drug-likeness (QED) is 0.351. The summed E-state index contributed by atoms with van der Waals surface area (Å²) in [5.41, 5.74) is 5.82. The molecule has 0 bridgehead atoms. The summed E-state index contributed by atoms with van der Waals surface area (Å²) < 4.78 is 25.3. The Hall–Kier alpha value is -3.47. The molecule has 6 heteroatoms. The van der Waals surface area contributed by atoms with E-state index in [1.165, 1.54) is 10.9 Å². The van der Waals surface area contributed by atoms with Crippen LogP contribution < -0.4 is 31.3 Å². The first-order valence-electron chi connectivity index (χ1n) is 12.5. The predicted octanol–water partition coefficient (Wildman–Crippen LogP) is 4.38. The van der Waals surface area contributed by atoms with Crippen molar-refractivity contribution in [2.75, 3.05) is 0 Å². The van der Waals surface area contributed by atoms with Crippen LogP contribution in [-0.4, -0.2) is 25.0 Å². The molecule has 3 aliphatic heterocycles. The number of benzene rings is 4. The molecule has 0 radical (unpaired) electrons. The van der Waals surface area contributed by atoms with Gasteiger partial charge in [-0.15, -0.1) is 0 Å². The van der Waals surface area contributed by atoms with Crippen molar-refractivity contribution in [2.45, 2.75) is 38.9 Å². The van der Waals surface area contributed by atoms with Gasteiger partial charge in [0, 0.05) is 5.46 Å². The van der Waals surface area contributed by atoms with Crippen molar-refractivity contribution in [1.82, 2.24) is 0 Å². The zero-order valence-corrected chi connectivity index (χ0v) is 20.9. The second-order valence-corrected chi connectivity index (χ2v) is 10.8. The second-order valence-electron chi connectivity index (χ2n) is 10.8. The molecule has 4 aromatic carbocycles. The first-order valence-corrected chi connectivity index (χ1v) is 12.5. The Labute approximate surface area is 212 Å². The van der Waals surface area contributed by atoms with Gasteiger partial charge in [-0.2, -0.15) is 0 Å². The molecule has 0 saturated carbocycles. The Kier molecular flexibility index (Phi) is 4.55. The summed E-state index contributed by atoms with van der Waals surface area (Å²) >= 11 is 0. The number of ether oxygens (including phenoxy) is 2. The molecule has 1 fully saturated rings. The number of para-hydroxylation sites is 2. The van der Waals surface area contributed by atoms with Crippen molar-refractivity contribution >= 4 is 35.7 Å². The molecular weight excluding hydrogens is 446 g/mol. The molecule has 176 valence electrons. The third-order valence-corrected chi connectivity index (χ3v) is 8.06. The van der Waals surface area contributed by atoms with E-state index < -0.39 is 0 Å². The summed E-state index contributed by atoms with van der Waals surface area (Å²) in [6.45, 7) is 8.38. The van der Waals surface area contributed by atoms with Gasteiger partial charge in [0.25, 0.3) is 6.71 Å². The monoisotopic (exact) mass is 472 g/mol. The van der Waals surface area contributed by atoms with E-state index in [1.54, 1.807) is 0 Å². The molecule has 0 spiro atoms. The summed E-state index contributed by atoms with van der Waals surface area (Å²) in [6, 6.07) is 29.2. The van der Waals surface area contributed by atoms with Gasteiger partial charge in [0.05, 0.1) is 11.2 Å². The first-order chi connectivity index (χ1) is 17.3. The smallest absolute Gasteiger partial charge is 0.458 e. The van der Waals surface area contributed by atoms with Crippen LogP contribution in [0.5, 0.6) is 23.0 Å². The molecule has 3 aliphatic rings. The van der Waals surface area contributed by atoms with Crippen molar-refractivity contribution in [3.63, 3.8) is 0 Å². The normalized spacial score (nSPS) is 18.0. The van der Waals surface area contributed by atoms with Gasteiger partial charge in [-0.3, -0.25) is 0 Å². The maximum Gasteiger partial charge on any atom is 0.494 e. The van der Waals surface area contributed by atoms with Crippen LogP contribution in [-0.2, 0) is 9.31 Å². The van der Waals surface area contributed by atoms with E-state index in [0.29, 0.717) is 0 Å². The molecule has 0 unspecified atom stereocenters. The van der Waals surface area contributed by atoms with E-state index in [4.69, 9.17) is 18.8 Å². The minimum Gasteiger partial charge on any atom is -0.458 e. The van der Waals surface area contributed by atoms with E-state index in [9.17, 15) is 0 Å². The van der Waals surface area contributed by atoms with Gasteiger partial charge in [0.2, 0.25) is 0 Å². The SMILES string of the molecule is CC1(C)OB(c2ccc(-c3cc4c5c(c3)Oc3ccccc3B5c3ccccc3O4)cc2)OC1(C)C. The van der Waals surface area contributed by atoms with Gasteiger partial charge in [0.15, 0.2) is 0 Å². The highest BCUT2D eigenvalue weighted by molar-refractivity contribution is 6.98. The van der Waals surface area contributed by atoms with Crippen molar-refractivity contribution in [3.05, 3.63) is 84.9 Å². The highest BCUT2D eigenvalue weighted by atomic mass is 16.7. The minimum absolute atomic E-state index is 0.0877. The summed E-state index contributed by atoms with van der Waals surface area (Å²) in [6.07, 6.45) is 0. The molecule has 4 nitrogen and oxygen atoms in total. The largest absolute Gasteiger partial charge is 0.494 e. The maximum absolute atomic E-state index is 6.43. The molecular formula is C30H26B2O4.